The Bertz CT molecular complexity index is 442. The van der Waals surface area contributed by atoms with Crippen LogP contribution in [0, 0.1) is 0 Å². The van der Waals surface area contributed by atoms with Crippen LogP contribution in [0.2, 0.25) is 5.02 Å². The van der Waals surface area contributed by atoms with E-state index in [2.05, 4.69) is 11.9 Å². The van der Waals surface area contributed by atoms with Crippen LogP contribution in [0.3, 0.4) is 0 Å². The molecule has 0 aromatic heterocycles. The molecular weight excluding hydrogens is 254 g/mol. The molecule has 5 heteroatoms. The van der Waals surface area contributed by atoms with Gasteiger partial charge in [0.25, 0.3) is 0 Å². The van der Waals surface area contributed by atoms with E-state index >= 15 is 0 Å². The van der Waals surface area contributed by atoms with Crippen LogP contribution in [0.25, 0.3) is 0 Å². The van der Waals surface area contributed by atoms with Gasteiger partial charge in [-0.3, -0.25) is 9.59 Å². The number of nitrogens with one attached hydrogen (secondary N) is 1. The Morgan fingerprint density at radius 2 is 2.00 bits per heavy atom. The molecule has 1 aromatic carbocycles. The van der Waals surface area contributed by atoms with Crippen molar-refractivity contribution in [3.63, 3.8) is 0 Å². The lowest BCUT2D eigenvalue weighted by atomic mass is 10.0. The average Bonchev–Trinajstić information content (AvgIpc) is 2.34. The zero-order chi connectivity index (χ0) is 13.5. The van der Waals surface area contributed by atoms with Crippen molar-refractivity contribution in [2.45, 2.75) is 12.5 Å². The summed E-state index contributed by atoms with van der Waals surface area (Å²) in [6, 6.07) is 5.59. The number of Topliss-reactive ketones (excluding diaryl/α,β-unsaturated/α-hetero) is 1. The fourth-order valence-corrected chi connectivity index (χ4v) is 1.60. The predicted molar refractivity (Wildman–Crippen MR) is 70.0 cm³/mol. The molecule has 2 N–H and O–H groups in total. The van der Waals surface area contributed by atoms with E-state index < -0.39 is 12.0 Å². The Morgan fingerprint density at radius 3 is 2.50 bits per heavy atom. The summed E-state index contributed by atoms with van der Waals surface area (Å²) < 4.78 is 0. The minimum atomic E-state index is -1.03. The molecule has 0 aliphatic rings. The summed E-state index contributed by atoms with van der Waals surface area (Å²) in [5.74, 6) is -1.30. The lowest BCUT2D eigenvalue weighted by molar-refractivity contribution is -0.137. The molecule has 0 radical (unpaired) electrons. The summed E-state index contributed by atoms with van der Waals surface area (Å²) in [6.07, 6.45) is 1.30. The first kappa shape index (κ1) is 14.4. The molecule has 0 amide bonds. The van der Waals surface area contributed by atoms with Crippen LogP contribution < -0.4 is 5.32 Å². The van der Waals surface area contributed by atoms with E-state index in [9.17, 15) is 9.59 Å². The van der Waals surface area contributed by atoms with Gasteiger partial charge in [-0.05, 0) is 24.3 Å². The third kappa shape index (κ3) is 4.31. The molecule has 1 aromatic rings. The van der Waals surface area contributed by atoms with E-state index in [1.54, 1.807) is 30.3 Å². The first-order valence-corrected chi connectivity index (χ1v) is 5.78. The van der Waals surface area contributed by atoms with Crippen molar-refractivity contribution in [1.82, 2.24) is 5.32 Å². The lowest BCUT2D eigenvalue weighted by Gasteiger charge is -2.14. The SMILES string of the molecule is C=CCNC(CC(=O)O)C(=O)c1ccc(Cl)cc1. The third-order valence-corrected chi connectivity index (χ3v) is 2.58. The number of carboxylic acid groups (broad SMARTS) is 1. The zero-order valence-electron chi connectivity index (χ0n) is 9.73. The van der Waals surface area contributed by atoms with Gasteiger partial charge in [0.1, 0.15) is 0 Å². The van der Waals surface area contributed by atoms with Gasteiger partial charge in [0.2, 0.25) is 0 Å². The second kappa shape index (κ2) is 6.93. The van der Waals surface area contributed by atoms with Crippen molar-refractivity contribution < 1.29 is 14.7 Å². The quantitative estimate of drug-likeness (QED) is 0.587. The minimum absolute atomic E-state index is 0.268. The number of carbonyl (C=O) groups is 2. The number of hydrogen-bond donors (Lipinski definition) is 2. The summed E-state index contributed by atoms with van der Waals surface area (Å²) in [6.45, 7) is 3.89. The van der Waals surface area contributed by atoms with E-state index in [4.69, 9.17) is 16.7 Å². The van der Waals surface area contributed by atoms with Gasteiger partial charge >= 0.3 is 5.97 Å². The standard InChI is InChI=1S/C13H14ClNO3/c1-2-7-15-11(8-12(16)17)13(18)9-3-5-10(14)6-4-9/h2-6,11,15H,1,7-8H2,(H,16,17). The van der Waals surface area contributed by atoms with Gasteiger partial charge in [-0.25, -0.2) is 0 Å². The van der Waals surface area contributed by atoms with Crippen molar-refractivity contribution in [3.05, 3.63) is 47.5 Å². The Labute approximate surface area is 110 Å². The third-order valence-electron chi connectivity index (χ3n) is 2.33. The van der Waals surface area contributed by atoms with Crippen LogP contribution in [-0.4, -0.2) is 29.4 Å². The summed E-state index contributed by atoms with van der Waals surface area (Å²) in [5.41, 5.74) is 0.433. The fraction of sp³-hybridized carbons (Fsp3) is 0.231. The highest BCUT2D eigenvalue weighted by molar-refractivity contribution is 6.30. The smallest absolute Gasteiger partial charge is 0.305 e. The maximum atomic E-state index is 12.1. The fourth-order valence-electron chi connectivity index (χ4n) is 1.47. The van der Waals surface area contributed by atoms with Crippen LogP contribution in [0.5, 0.6) is 0 Å². The van der Waals surface area contributed by atoms with Gasteiger partial charge in [0.15, 0.2) is 5.78 Å². The molecule has 1 unspecified atom stereocenters. The number of rotatable bonds is 7. The topological polar surface area (TPSA) is 66.4 Å². The van der Waals surface area contributed by atoms with Gasteiger partial charge in [-0.15, -0.1) is 6.58 Å². The number of carboxylic acids is 1. The molecule has 0 saturated heterocycles. The zero-order valence-corrected chi connectivity index (χ0v) is 10.5. The molecule has 1 atom stereocenters. The predicted octanol–water partition coefficient (Wildman–Crippen LogP) is 2.14. The molecule has 0 aliphatic heterocycles. The lowest BCUT2D eigenvalue weighted by Crippen LogP contribution is -2.38. The summed E-state index contributed by atoms with van der Waals surface area (Å²) in [7, 11) is 0. The first-order valence-electron chi connectivity index (χ1n) is 5.40. The highest BCUT2D eigenvalue weighted by Crippen LogP contribution is 2.12. The van der Waals surface area contributed by atoms with Crippen LogP contribution in [0.15, 0.2) is 36.9 Å². The number of hydrogen-bond acceptors (Lipinski definition) is 3. The highest BCUT2D eigenvalue weighted by atomic mass is 35.5. The molecule has 0 heterocycles. The van der Waals surface area contributed by atoms with Crippen molar-refractivity contribution in [2.75, 3.05) is 6.54 Å². The van der Waals surface area contributed by atoms with E-state index in [1.807, 2.05) is 0 Å². The van der Waals surface area contributed by atoms with Crippen molar-refractivity contribution >= 4 is 23.4 Å². The maximum Gasteiger partial charge on any atom is 0.305 e. The van der Waals surface area contributed by atoms with Gasteiger partial charge in [-0.2, -0.15) is 0 Å². The van der Waals surface area contributed by atoms with Crippen molar-refractivity contribution in [1.29, 1.82) is 0 Å². The number of benzene rings is 1. The Kier molecular flexibility index (Phi) is 5.55. The van der Waals surface area contributed by atoms with Crippen LogP contribution in [0.1, 0.15) is 16.8 Å². The van der Waals surface area contributed by atoms with Gasteiger partial charge < -0.3 is 10.4 Å². The summed E-state index contributed by atoms with van der Waals surface area (Å²) in [5, 5.41) is 12.1. The number of carbonyl (C=O) groups excluding carboxylic acids is 1. The van der Waals surface area contributed by atoms with Crippen molar-refractivity contribution in [2.24, 2.45) is 0 Å². The van der Waals surface area contributed by atoms with Crippen LogP contribution >= 0.6 is 11.6 Å². The normalized spacial score (nSPS) is 11.8. The Hall–Kier alpha value is -1.65. The Balaban J connectivity index is 2.83. The number of ketones is 1. The van der Waals surface area contributed by atoms with Crippen molar-refractivity contribution in [3.8, 4) is 0 Å². The molecule has 0 saturated carbocycles. The molecule has 0 fully saturated rings. The molecule has 1 rings (SSSR count). The largest absolute Gasteiger partial charge is 0.481 e. The van der Waals surface area contributed by atoms with Gasteiger partial charge in [-0.1, -0.05) is 17.7 Å². The van der Waals surface area contributed by atoms with E-state index in [-0.39, 0.29) is 12.2 Å². The van der Waals surface area contributed by atoms with E-state index in [1.165, 1.54) is 0 Å². The van der Waals surface area contributed by atoms with Gasteiger partial charge in [0.05, 0.1) is 12.5 Å². The Morgan fingerprint density at radius 1 is 1.39 bits per heavy atom. The average molecular weight is 268 g/mol. The van der Waals surface area contributed by atoms with Crippen LogP contribution in [-0.2, 0) is 4.79 Å². The molecule has 0 spiro atoms. The summed E-state index contributed by atoms with van der Waals surface area (Å²) >= 11 is 5.73. The molecular formula is C13H14ClNO3. The molecule has 0 aliphatic carbocycles. The molecule has 96 valence electrons. The highest BCUT2D eigenvalue weighted by Gasteiger charge is 2.21. The van der Waals surface area contributed by atoms with E-state index in [0.29, 0.717) is 17.1 Å². The summed E-state index contributed by atoms with van der Waals surface area (Å²) in [4.78, 5) is 22.8. The second-order valence-corrected chi connectivity index (χ2v) is 4.15. The second-order valence-electron chi connectivity index (χ2n) is 3.72. The molecule has 0 bridgehead atoms. The first-order chi connectivity index (χ1) is 8.54. The van der Waals surface area contributed by atoms with Crippen LogP contribution in [0.4, 0.5) is 0 Å². The van der Waals surface area contributed by atoms with E-state index in [0.717, 1.165) is 0 Å². The molecule has 18 heavy (non-hydrogen) atoms. The van der Waals surface area contributed by atoms with Gasteiger partial charge in [0, 0.05) is 17.1 Å². The minimum Gasteiger partial charge on any atom is -0.481 e. The molecule has 4 nitrogen and oxygen atoms in total. The number of halogens is 1. The number of aliphatic carboxylic acids is 1. The monoisotopic (exact) mass is 267 g/mol. The maximum absolute atomic E-state index is 12.1.